The van der Waals surface area contributed by atoms with Crippen molar-refractivity contribution >= 4 is 27.6 Å². The highest BCUT2D eigenvalue weighted by Gasteiger charge is 2.16. The second kappa shape index (κ2) is 6.54. The number of hydrogen-bond donors (Lipinski definition) is 0. The standard InChI is InChI=1S/C10H14BrNO2/c1-5-9(12-6-7(2)11)8(3)10(13)14-4/h5-6,8H,1H2,2-4H3/b7-6+,12-9?. The Morgan fingerprint density at radius 2 is 2.21 bits per heavy atom. The average Bonchev–Trinajstić information content (AvgIpc) is 2.16. The molecule has 3 nitrogen and oxygen atoms in total. The van der Waals surface area contributed by atoms with Gasteiger partial charge in [0.15, 0.2) is 0 Å². The predicted octanol–water partition coefficient (Wildman–Crippen LogP) is 2.68. The van der Waals surface area contributed by atoms with Gasteiger partial charge in [-0.15, -0.1) is 0 Å². The number of rotatable bonds is 4. The van der Waals surface area contributed by atoms with E-state index in [0.29, 0.717) is 5.71 Å². The molecule has 0 radical (unpaired) electrons. The summed E-state index contributed by atoms with van der Waals surface area (Å²) in [5.74, 6) is -0.704. The summed E-state index contributed by atoms with van der Waals surface area (Å²) in [4.78, 5) is 15.3. The maximum atomic E-state index is 11.2. The number of hydrogen-bond acceptors (Lipinski definition) is 3. The number of carbonyl (C=O) groups is 1. The number of nitrogens with zero attached hydrogens (tertiary/aromatic N) is 1. The van der Waals surface area contributed by atoms with Gasteiger partial charge in [0.25, 0.3) is 0 Å². The molecule has 0 aromatic rings. The topological polar surface area (TPSA) is 38.7 Å². The summed E-state index contributed by atoms with van der Waals surface area (Å²) in [6.07, 6.45) is 3.17. The summed E-state index contributed by atoms with van der Waals surface area (Å²) in [6.45, 7) is 7.17. The summed E-state index contributed by atoms with van der Waals surface area (Å²) in [7, 11) is 1.35. The number of ether oxygens (including phenoxy) is 1. The van der Waals surface area contributed by atoms with Crippen molar-refractivity contribution in [3.63, 3.8) is 0 Å². The van der Waals surface area contributed by atoms with E-state index in [1.165, 1.54) is 7.11 Å². The van der Waals surface area contributed by atoms with Crippen molar-refractivity contribution in [2.45, 2.75) is 13.8 Å². The van der Waals surface area contributed by atoms with Crippen molar-refractivity contribution in [2.75, 3.05) is 7.11 Å². The van der Waals surface area contributed by atoms with Gasteiger partial charge in [-0.25, -0.2) is 0 Å². The van der Waals surface area contributed by atoms with Crippen LogP contribution in [0.2, 0.25) is 0 Å². The number of halogens is 1. The second-order valence-corrected chi connectivity index (χ2v) is 3.97. The lowest BCUT2D eigenvalue weighted by molar-refractivity contribution is -0.142. The Bertz CT molecular complexity index is 278. The van der Waals surface area contributed by atoms with Gasteiger partial charge in [-0.3, -0.25) is 9.79 Å². The molecule has 0 spiro atoms. The normalized spacial score (nSPS) is 14.9. The van der Waals surface area contributed by atoms with Gasteiger partial charge in [0.2, 0.25) is 0 Å². The maximum absolute atomic E-state index is 11.2. The van der Waals surface area contributed by atoms with Crippen LogP contribution in [0, 0.1) is 5.92 Å². The van der Waals surface area contributed by atoms with E-state index < -0.39 is 0 Å². The van der Waals surface area contributed by atoms with Gasteiger partial charge in [0.1, 0.15) is 0 Å². The molecule has 0 rings (SSSR count). The molecule has 0 bridgehead atoms. The lowest BCUT2D eigenvalue weighted by Crippen LogP contribution is -2.20. The molecule has 0 heterocycles. The number of methoxy groups -OCH3 is 1. The molecule has 0 saturated carbocycles. The molecule has 78 valence electrons. The smallest absolute Gasteiger partial charge is 0.314 e. The monoisotopic (exact) mass is 259 g/mol. The van der Waals surface area contributed by atoms with Crippen molar-refractivity contribution in [1.29, 1.82) is 0 Å². The Hall–Kier alpha value is -0.900. The third-order valence-corrected chi connectivity index (χ3v) is 1.80. The molecule has 0 N–H and O–H groups in total. The maximum Gasteiger partial charge on any atom is 0.314 e. The van der Waals surface area contributed by atoms with Crippen LogP contribution in [-0.4, -0.2) is 18.8 Å². The molecular formula is C10H14BrNO2. The van der Waals surface area contributed by atoms with Crippen LogP contribution in [0.1, 0.15) is 13.8 Å². The van der Waals surface area contributed by atoms with Crippen LogP contribution in [0.4, 0.5) is 0 Å². The Morgan fingerprint density at radius 3 is 2.57 bits per heavy atom. The minimum absolute atomic E-state index is 0.315. The van der Waals surface area contributed by atoms with Crippen molar-refractivity contribution in [1.82, 2.24) is 0 Å². The average molecular weight is 260 g/mol. The zero-order valence-electron chi connectivity index (χ0n) is 8.58. The van der Waals surface area contributed by atoms with E-state index >= 15 is 0 Å². The van der Waals surface area contributed by atoms with Crippen molar-refractivity contribution in [3.05, 3.63) is 23.3 Å². The van der Waals surface area contributed by atoms with E-state index in [1.54, 1.807) is 19.2 Å². The molecule has 0 aliphatic heterocycles. The lowest BCUT2D eigenvalue weighted by Gasteiger charge is -2.07. The van der Waals surface area contributed by atoms with Gasteiger partial charge in [0, 0.05) is 10.7 Å². The van der Waals surface area contributed by atoms with E-state index in [4.69, 9.17) is 0 Å². The first-order chi connectivity index (χ1) is 6.52. The number of carbonyl (C=O) groups excluding carboxylic acids is 1. The van der Waals surface area contributed by atoms with E-state index in [0.717, 1.165) is 4.48 Å². The zero-order chi connectivity index (χ0) is 11.1. The number of allylic oxidation sites excluding steroid dienone is 2. The van der Waals surface area contributed by atoms with E-state index in [2.05, 4.69) is 32.2 Å². The van der Waals surface area contributed by atoms with E-state index in [9.17, 15) is 4.79 Å². The Balaban J connectivity index is 4.72. The minimum Gasteiger partial charge on any atom is -0.469 e. The molecule has 0 saturated heterocycles. The predicted molar refractivity (Wildman–Crippen MR) is 61.5 cm³/mol. The molecule has 4 heteroatoms. The zero-order valence-corrected chi connectivity index (χ0v) is 10.2. The molecule has 0 amide bonds. The highest BCUT2D eigenvalue weighted by molar-refractivity contribution is 9.11. The summed E-state index contributed by atoms with van der Waals surface area (Å²) >= 11 is 3.24. The molecule has 0 aromatic heterocycles. The fourth-order valence-electron chi connectivity index (χ4n) is 0.802. The minimum atomic E-state index is -0.388. The van der Waals surface area contributed by atoms with Crippen molar-refractivity contribution in [3.8, 4) is 0 Å². The molecule has 1 atom stereocenters. The fraction of sp³-hybridized carbons (Fsp3) is 0.400. The van der Waals surface area contributed by atoms with Crippen LogP contribution >= 0.6 is 15.9 Å². The molecule has 14 heavy (non-hydrogen) atoms. The third kappa shape index (κ3) is 4.37. The van der Waals surface area contributed by atoms with Gasteiger partial charge in [-0.2, -0.15) is 0 Å². The van der Waals surface area contributed by atoms with Crippen LogP contribution in [0.25, 0.3) is 0 Å². The van der Waals surface area contributed by atoms with E-state index in [-0.39, 0.29) is 11.9 Å². The molecule has 0 aliphatic rings. The van der Waals surface area contributed by atoms with Crippen LogP contribution in [0.5, 0.6) is 0 Å². The molecule has 0 aromatic carbocycles. The number of aliphatic imine (C=N–C) groups is 1. The summed E-state index contributed by atoms with van der Waals surface area (Å²) < 4.78 is 5.48. The Labute approximate surface area is 92.7 Å². The van der Waals surface area contributed by atoms with Gasteiger partial charge < -0.3 is 4.74 Å². The summed E-state index contributed by atoms with van der Waals surface area (Å²) in [5.41, 5.74) is 0.593. The second-order valence-electron chi connectivity index (χ2n) is 2.72. The Morgan fingerprint density at radius 1 is 1.64 bits per heavy atom. The van der Waals surface area contributed by atoms with Gasteiger partial charge in [-0.05, 0) is 19.9 Å². The molecule has 0 aliphatic carbocycles. The van der Waals surface area contributed by atoms with Gasteiger partial charge in [0.05, 0.1) is 18.7 Å². The summed E-state index contributed by atoms with van der Waals surface area (Å²) in [6, 6.07) is 0. The first-order valence-electron chi connectivity index (χ1n) is 4.13. The van der Waals surface area contributed by atoms with Crippen LogP contribution in [0.3, 0.4) is 0 Å². The first-order valence-corrected chi connectivity index (χ1v) is 4.92. The largest absolute Gasteiger partial charge is 0.469 e. The first kappa shape index (κ1) is 13.1. The highest BCUT2D eigenvalue weighted by atomic mass is 79.9. The fourth-order valence-corrected chi connectivity index (χ4v) is 0.905. The van der Waals surface area contributed by atoms with E-state index in [1.807, 2.05) is 6.92 Å². The third-order valence-electron chi connectivity index (χ3n) is 1.60. The van der Waals surface area contributed by atoms with Crippen LogP contribution in [0.15, 0.2) is 28.3 Å². The van der Waals surface area contributed by atoms with Crippen molar-refractivity contribution < 1.29 is 9.53 Å². The lowest BCUT2D eigenvalue weighted by atomic mass is 10.1. The highest BCUT2D eigenvalue weighted by Crippen LogP contribution is 2.06. The molecule has 0 fully saturated rings. The SMILES string of the molecule is C=CC(=N/C=C(\C)Br)C(C)C(=O)OC. The van der Waals surface area contributed by atoms with Crippen molar-refractivity contribution in [2.24, 2.45) is 10.9 Å². The molecular weight excluding hydrogens is 246 g/mol. The van der Waals surface area contributed by atoms with Crippen LogP contribution < -0.4 is 0 Å². The van der Waals surface area contributed by atoms with Crippen LogP contribution in [-0.2, 0) is 9.53 Å². The summed E-state index contributed by atoms with van der Waals surface area (Å²) in [5, 5.41) is 0. The number of esters is 1. The quantitative estimate of drug-likeness (QED) is 0.575. The molecule has 1 unspecified atom stereocenters. The van der Waals surface area contributed by atoms with Gasteiger partial charge in [-0.1, -0.05) is 22.5 Å². The Kier molecular flexibility index (Phi) is 6.12. The van der Waals surface area contributed by atoms with Gasteiger partial charge >= 0.3 is 5.97 Å².